The van der Waals surface area contributed by atoms with Crippen LogP contribution in [0.1, 0.15) is 26.3 Å². The van der Waals surface area contributed by atoms with E-state index < -0.39 is 16.8 Å². The topological polar surface area (TPSA) is 155 Å². The number of piperazine rings is 1. The zero-order valence-corrected chi connectivity index (χ0v) is 25.8. The second kappa shape index (κ2) is 12.2. The number of likely N-dealkylation sites (N-methyl/N-ethyl adjacent to an activating group) is 1. The first-order valence-corrected chi connectivity index (χ1v) is 15.6. The minimum absolute atomic E-state index is 0.0656. The molecule has 11 nitrogen and oxygen atoms in total. The lowest BCUT2D eigenvalue weighted by molar-refractivity contribution is 0.0664. The summed E-state index contributed by atoms with van der Waals surface area (Å²) in [6.45, 7) is 3.01. The van der Waals surface area contributed by atoms with Crippen LogP contribution in [0.25, 0.3) is 32.9 Å². The van der Waals surface area contributed by atoms with Gasteiger partial charge in [0.15, 0.2) is 0 Å². The highest BCUT2D eigenvalue weighted by Gasteiger charge is 2.25. The van der Waals surface area contributed by atoms with Crippen molar-refractivity contribution >= 4 is 55.9 Å². The number of nitrogens with zero attached hydrogens (tertiary/aromatic N) is 3. The quantitative estimate of drug-likeness (QED) is 0.192. The SMILES string of the molecule is COc1ccc(N(c2cccc(CN)c2-c2ccc(C(N)=O)c3[nH]c4cc(C(=O)N5CCN(C)CC5)ccc4c23)[SH](=O)=O)cc1. The molecule has 4 aromatic carbocycles. The number of rotatable bonds is 8. The summed E-state index contributed by atoms with van der Waals surface area (Å²) in [5, 5.41) is 1.41. The van der Waals surface area contributed by atoms with Gasteiger partial charge in [0, 0.05) is 60.1 Å². The fourth-order valence-corrected chi connectivity index (χ4v) is 6.70. The molecule has 1 aliphatic heterocycles. The number of thiol groups is 1. The molecule has 0 aliphatic carbocycles. The highest BCUT2D eigenvalue weighted by Crippen LogP contribution is 2.44. The van der Waals surface area contributed by atoms with E-state index in [9.17, 15) is 18.0 Å². The Labute approximate surface area is 262 Å². The van der Waals surface area contributed by atoms with E-state index >= 15 is 0 Å². The molecule has 0 saturated carbocycles. The summed E-state index contributed by atoms with van der Waals surface area (Å²) in [6, 6.07) is 20.9. The van der Waals surface area contributed by atoms with E-state index in [1.165, 1.54) is 11.4 Å². The van der Waals surface area contributed by atoms with Crippen molar-refractivity contribution in [3.63, 3.8) is 0 Å². The number of methoxy groups -OCH3 is 1. The molecule has 5 aromatic rings. The van der Waals surface area contributed by atoms with Crippen LogP contribution in [-0.2, 0) is 17.4 Å². The Balaban J connectivity index is 1.57. The van der Waals surface area contributed by atoms with Gasteiger partial charge in [-0.1, -0.05) is 24.3 Å². The molecule has 1 aliphatic rings. The zero-order valence-electron chi connectivity index (χ0n) is 24.9. The summed E-state index contributed by atoms with van der Waals surface area (Å²) < 4.78 is 32.2. The first kappa shape index (κ1) is 30.1. The van der Waals surface area contributed by atoms with Crippen LogP contribution in [0.4, 0.5) is 11.4 Å². The van der Waals surface area contributed by atoms with Crippen molar-refractivity contribution in [2.75, 3.05) is 44.6 Å². The number of H-pyrrole nitrogens is 1. The number of hydrogen-bond donors (Lipinski definition) is 4. The smallest absolute Gasteiger partial charge is 0.254 e. The Kier molecular flexibility index (Phi) is 8.19. The lowest BCUT2D eigenvalue weighted by Crippen LogP contribution is -2.47. The molecular formula is C33H34N6O5S. The molecule has 45 heavy (non-hydrogen) atoms. The largest absolute Gasteiger partial charge is 0.497 e. The predicted octanol–water partition coefficient (Wildman–Crippen LogP) is 3.61. The molecule has 1 aromatic heterocycles. The average Bonchev–Trinajstić information content (AvgIpc) is 3.43. The molecule has 0 radical (unpaired) electrons. The minimum atomic E-state index is -3.13. The Morgan fingerprint density at radius 1 is 0.978 bits per heavy atom. The molecule has 2 amide bonds. The van der Waals surface area contributed by atoms with Crippen molar-refractivity contribution in [1.82, 2.24) is 14.8 Å². The van der Waals surface area contributed by atoms with E-state index in [0.29, 0.717) is 68.9 Å². The van der Waals surface area contributed by atoms with E-state index in [2.05, 4.69) is 9.88 Å². The fraction of sp³-hybridized carbons (Fsp3) is 0.212. The summed E-state index contributed by atoms with van der Waals surface area (Å²) in [5.74, 6) is -0.102. The van der Waals surface area contributed by atoms with Crippen LogP contribution < -0.4 is 20.5 Å². The van der Waals surface area contributed by atoms with Gasteiger partial charge in [0.1, 0.15) is 5.75 Å². The fourth-order valence-electron chi connectivity index (χ4n) is 6.04. The normalized spacial score (nSPS) is 13.9. The third-order valence-corrected chi connectivity index (χ3v) is 9.16. The summed E-state index contributed by atoms with van der Waals surface area (Å²) in [6.07, 6.45) is 0. The second-order valence-corrected chi connectivity index (χ2v) is 11.9. The highest BCUT2D eigenvalue weighted by molar-refractivity contribution is 7.74. The van der Waals surface area contributed by atoms with E-state index in [1.54, 1.807) is 60.7 Å². The number of nitrogens with two attached hydrogens (primary N) is 2. The van der Waals surface area contributed by atoms with Crippen molar-refractivity contribution < 1.29 is 22.7 Å². The Morgan fingerprint density at radius 2 is 1.71 bits per heavy atom. The summed E-state index contributed by atoms with van der Waals surface area (Å²) >= 11 is 0. The molecule has 2 heterocycles. The van der Waals surface area contributed by atoms with Gasteiger partial charge in [-0.05, 0) is 66.7 Å². The summed E-state index contributed by atoms with van der Waals surface area (Å²) in [7, 11) is 0.439. The third kappa shape index (κ3) is 5.48. The van der Waals surface area contributed by atoms with Gasteiger partial charge in [-0.3, -0.25) is 9.59 Å². The molecule has 1 saturated heterocycles. The number of primary amides is 1. The molecule has 232 valence electrons. The maximum Gasteiger partial charge on any atom is 0.254 e. The average molecular weight is 627 g/mol. The Hall–Kier alpha value is -4.91. The molecule has 12 heteroatoms. The lowest BCUT2D eigenvalue weighted by atomic mass is 9.92. The van der Waals surface area contributed by atoms with Crippen LogP contribution in [0.3, 0.4) is 0 Å². The van der Waals surface area contributed by atoms with Gasteiger partial charge >= 0.3 is 0 Å². The number of carbonyl (C=O) groups is 2. The van der Waals surface area contributed by atoms with Crippen molar-refractivity contribution in [2.45, 2.75) is 6.54 Å². The van der Waals surface area contributed by atoms with Crippen molar-refractivity contribution in [3.05, 3.63) is 89.5 Å². The molecule has 6 rings (SSSR count). The number of nitrogens with one attached hydrogen (secondary N) is 1. The van der Waals surface area contributed by atoms with Gasteiger partial charge in [0.05, 0.1) is 29.6 Å². The Morgan fingerprint density at radius 3 is 2.36 bits per heavy atom. The number of carbonyl (C=O) groups excluding carboxylic acids is 2. The zero-order chi connectivity index (χ0) is 31.8. The molecule has 0 spiro atoms. The Bertz CT molecular complexity index is 2000. The standard InChI is InChI=1S/C33H34N6O5S/c1-37-14-16-38(17-15-37)33(41)20-6-11-24-27(18-20)36-31-26(32(35)40)13-12-25(30(24)31)29-21(19-34)4-3-5-28(29)39(45(42)43)22-7-9-23(44-2)10-8-22/h3-13,18,36,45H,14-17,19,34H2,1-2H3,(H2,35,40). The van der Waals surface area contributed by atoms with Gasteiger partial charge in [0.2, 0.25) is 10.9 Å². The highest BCUT2D eigenvalue weighted by atomic mass is 32.2. The number of amides is 2. The molecule has 0 atom stereocenters. The van der Waals surface area contributed by atoms with Crippen LogP contribution >= 0.6 is 0 Å². The summed E-state index contributed by atoms with van der Waals surface area (Å²) in [5.41, 5.74) is 16.7. The number of hydrogen-bond acceptors (Lipinski definition) is 7. The molecule has 0 unspecified atom stereocenters. The first-order valence-electron chi connectivity index (χ1n) is 14.5. The third-order valence-electron chi connectivity index (χ3n) is 8.38. The van der Waals surface area contributed by atoms with Crippen LogP contribution in [0, 0.1) is 0 Å². The van der Waals surface area contributed by atoms with Gasteiger partial charge in [-0.25, -0.2) is 12.7 Å². The van der Waals surface area contributed by atoms with Crippen LogP contribution in [-0.4, -0.2) is 75.4 Å². The number of aromatic nitrogens is 1. The number of ether oxygens (including phenoxy) is 1. The number of anilines is 2. The van der Waals surface area contributed by atoms with Gasteiger partial charge in [0.25, 0.3) is 11.8 Å². The molecular weight excluding hydrogens is 592 g/mol. The van der Waals surface area contributed by atoms with E-state index in [-0.39, 0.29) is 18.0 Å². The van der Waals surface area contributed by atoms with Crippen molar-refractivity contribution in [2.24, 2.45) is 11.5 Å². The number of benzene rings is 4. The number of fused-ring (bicyclic) bond motifs is 3. The molecule has 0 bridgehead atoms. The van der Waals surface area contributed by atoms with E-state index in [1.807, 2.05) is 24.1 Å². The van der Waals surface area contributed by atoms with Crippen LogP contribution in [0.5, 0.6) is 5.75 Å². The van der Waals surface area contributed by atoms with Gasteiger partial charge in [-0.15, -0.1) is 0 Å². The van der Waals surface area contributed by atoms with Gasteiger partial charge < -0.3 is 31.0 Å². The van der Waals surface area contributed by atoms with Crippen molar-refractivity contribution in [3.8, 4) is 16.9 Å². The lowest BCUT2D eigenvalue weighted by Gasteiger charge is -2.32. The molecule has 5 N–H and O–H groups in total. The van der Waals surface area contributed by atoms with Crippen LogP contribution in [0.15, 0.2) is 72.8 Å². The van der Waals surface area contributed by atoms with E-state index in [0.717, 1.165) is 18.5 Å². The van der Waals surface area contributed by atoms with Gasteiger partial charge in [-0.2, -0.15) is 0 Å². The monoisotopic (exact) mass is 626 g/mol. The molecule has 1 fully saturated rings. The summed E-state index contributed by atoms with van der Waals surface area (Å²) in [4.78, 5) is 33.4. The maximum absolute atomic E-state index is 13.4. The minimum Gasteiger partial charge on any atom is -0.497 e. The maximum atomic E-state index is 13.4. The van der Waals surface area contributed by atoms with Crippen molar-refractivity contribution in [1.29, 1.82) is 0 Å². The second-order valence-electron chi connectivity index (χ2n) is 11.0. The van der Waals surface area contributed by atoms with Crippen LogP contribution in [0.2, 0.25) is 0 Å². The van der Waals surface area contributed by atoms with E-state index in [4.69, 9.17) is 16.2 Å². The number of aromatic amines is 1. The predicted molar refractivity (Wildman–Crippen MR) is 176 cm³/mol. The first-order chi connectivity index (χ1) is 21.7.